The highest BCUT2D eigenvalue weighted by Gasteiger charge is 2.29. The van der Waals surface area contributed by atoms with Crippen molar-refractivity contribution in [2.24, 2.45) is 0 Å². The molecule has 0 radical (unpaired) electrons. The van der Waals surface area contributed by atoms with Crippen LogP contribution in [0, 0.1) is 22.9 Å². The first-order valence-electron chi connectivity index (χ1n) is 8.33. The second-order valence-electron chi connectivity index (χ2n) is 5.72. The average molecular weight is 408 g/mol. The van der Waals surface area contributed by atoms with E-state index < -0.39 is 46.4 Å². The Kier molecular flexibility index (Phi) is 6.65. The van der Waals surface area contributed by atoms with Crippen LogP contribution >= 0.6 is 0 Å². The zero-order valence-electron chi connectivity index (χ0n) is 15.7. The van der Waals surface area contributed by atoms with Crippen molar-refractivity contribution >= 4 is 29.2 Å². The normalized spacial score (nSPS) is 10.3. The number of ketones is 1. The molecule has 1 aromatic heterocycles. The van der Waals surface area contributed by atoms with Crippen LogP contribution in [0.1, 0.15) is 40.3 Å². The topological polar surface area (TPSA) is 138 Å². The number of hydrogen-bond donors (Lipinski definition) is 1. The van der Waals surface area contributed by atoms with Gasteiger partial charge in [-0.05, 0) is 26.8 Å². The van der Waals surface area contributed by atoms with Crippen LogP contribution in [-0.4, -0.2) is 35.8 Å². The van der Waals surface area contributed by atoms with Crippen LogP contribution in [0.2, 0.25) is 0 Å². The predicted molar refractivity (Wildman–Crippen MR) is 96.6 cm³/mol. The van der Waals surface area contributed by atoms with Gasteiger partial charge in [-0.3, -0.25) is 25.0 Å². The smallest absolute Gasteiger partial charge is 0.344 e. The van der Waals surface area contributed by atoms with E-state index in [1.54, 1.807) is 6.92 Å². The summed E-state index contributed by atoms with van der Waals surface area (Å²) in [6, 6.07) is 2.54. The molecule has 0 aliphatic rings. The van der Waals surface area contributed by atoms with Crippen molar-refractivity contribution in [3.05, 3.63) is 51.0 Å². The lowest BCUT2D eigenvalue weighted by atomic mass is 10.1. The second-order valence-corrected chi connectivity index (χ2v) is 5.72. The van der Waals surface area contributed by atoms with Gasteiger partial charge in [0.2, 0.25) is 11.6 Å². The summed E-state index contributed by atoms with van der Waals surface area (Å²) in [5.74, 6) is -3.67. The molecule has 0 aliphatic carbocycles. The van der Waals surface area contributed by atoms with Crippen molar-refractivity contribution < 1.29 is 37.6 Å². The van der Waals surface area contributed by atoms with Crippen molar-refractivity contribution in [3.8, 4) is 5.75 Å². The van der Waals surface area contributed by atoms with Gasteiger partial charge < -0.3 is 13.9 Å². The first-order valence-corrected chi connectivity index (χ1v) is 8.33. The van der Waals surface area contributed by atoms with Crippen LogP contribution in [0.15, 0.2) is 22.6 Å². The number of hydrogen-bond acceptors (Lipinski definition) is 8. The number of nitro groups is 1. The fraction of sp³-hybridized carbons (Fsp3) is 0.278. The number of Topliss-reactive ketones (excluding diaryl/α,β-unsaturated/α-hetero) is 1. The van der Waals surface area contributed by atoms with Gasteiger partial charge in [-0.1, -0.05) is 0 Å². The Morgan fingerprint density at radius 3 is 2.55 bits per heavy atom. The van der Waals surface area contributed by atoms with E-state index >= 15 is 0 Å². The molecule has 11 heteroatoms. The largest absolute Gasteiger partial charge is 0.477 e. The Balaban J connectivity index is 2.23. The maximum absolute atomic E-state index is 13.3. The standard InChI is InChI=1S/C18H17FN2O8/c1-4-27-18(24)16-15(9(2)22)10(3)29-17(16)20-14(23)8-28-13-7-11(19)5-6-12(13)21(25)26/h5-7H,4,8H2,1-3H3,(H,20,23). The Morgan fingerprint density at radius 2 is 1.97 bits per heavy atom. The van der Waals surface area contributed by atoms with Crippen LogP contribution in [0.3, 0.4) is 0 Å². The Hall–Kier alpha value is -3.76. The number of benzene rings is 1. The lowest BCUT2D eigenvalue weighted by molar-refractivity contribution is -0.385. The summed E-state index contributed by atoms with van der Waals surface area (Å²) in [7, 11) is 0. The highest BCUT2D eigenvalue weighted by atomic mass is 19.1. The van der Waals surface area contributed by atoms with Crippen LogP contribution < -0.4 is 10.1 Å². The third-order valence-electron chi connectivity index (χ3n) is 3.65. The Morgan fingerprint density at radius 1 is 1.28 bits per heavy atom. The third-order valence-corrected chi connectivity index (χ3v) is 3.65. The number of anilines is 1. The number of aryl methyl sites for hydroxylation is 1. The van der Waals surface area contributed by atoms with Crippen molar-refractivity contribution in [1.82, 2.24) is 0 Å². The van der Waals surface area contributed by atoms with Crippen molar-refractivity contribution in [2.75, 3.05) is 18.5 Å². The highest BCUT2D eigenvalue weighted by molar-refractivity contribution is 6.10. The monoisotopic (exact) mass is 408 g/mol. The van der Waals surface area contributed by atoms with Crippen LogP contribution in [0.25, 0.3) is 0 Å². The summed E-state index contributed by atoms with van der Waals surface area (Å²) < 4.78 is 28.5. The summed E-state index contributed by atoms with van der Waals surface area (Å²) in [6.07, 6.45) is 0. The molecule has 2 rings (SSSR count). The van der Waals surface area contributed by atoms with E-state index in [0.717, 1.165) is 18.2 Å². The number of amides is 1. The zero-order chi connectivity index (χ0) is 21.7. The van der Waals surface area contributed by atoms with Crippen molar-refractivity contribution in [1.29, 1.82) is 0 Å². The van der Waals surface area contributed by atoms with E-state index in [4.69, 9.17) is 13.9 Å². The maximum Gasteiger partial charge on any atom is 0.344 e. The fourth-order valence-electron chi connectivity index (χ4n) is 2.52. The number of halogens is 1. The molecule has 1 heterocycles. The van der Waals surface area contributed by atoms with E-state index in [0.29, 0.717) is 0 Å². The number of ether oxygens (including phenoxy) is 2. The highest BCUT2D eigenvalue weighted by Crippen LogP contribution is 2.29. The fourth-order valence-corrected chi connectivity index (χ4v) is 2.52. The number of furan rings is 1. The molecule has 1 amide bonds. The number of esters is 1. The molecule has 0 bridgehead atoms. The molecule has 0 atom stereocenters. The number of nitro benzene ring substituents is 1. The summed E-state index contributed by atoms with van der Waals surface area (Å²) in [5, 5.41) is 13.2. The molecule has 2 aromatic rings. The number of carbonyl (C=O) groups is 3. The third kappa shape index (κ3) is 4.94. The molecule has 0 saturated carbocycles. The van der Waals surface area contributed by atoms with Gasteiger partial charge in [-0.15, -0.1) is 0 Å². The molecular weight excluding hydrogens is 391 g/mol. The average Bonchev–Trinajstić information content (AvgIpc) is 2.96. The summed E-state index contributed by atoms with van der Waals surface area (Å²) in [6.45, 7) is 3.50. The molecule has 0 aliphatic heterocycles. The van der Waals surface area contributed by atoms with Gasteiger partial charge >= 0.3 is 11.7 Å². The van der Waals surface area contributed by atoms with Gasteiger partial charge in [0.15, 0.2) is 12.4 Å². The first kappa shape index (κ1) is 21.5. The summed E-state index contributed by atoms with van der Waals surface area (Å²) in [5.41, 5.74) is -0.818. The molecule has 0 spiro atoms. The van der Waals surface area contributed by atoms with Crippen molar-refractivity contribution in [2.45, 2.75) is 20.8 Å². The van der Waals surface area contributed by atoms with Gasteiger partial charge in [0, 0.05) is 12.1 Å². The molecule has 1 aromatic carbocycles. The molecule has 1 N–H and O–H groups in total. The number of carbonyl (C=O) groups excluding carboxylic acids is 3. The van der Waals surface area contributed by atoms with Gasteiger partial charge in [-0.2, -0.15) is 0 Å². The molecule has 0 fully saturated rings. The molecule has 10 nitrogen and oxygen atoms in total. The van der Waals surface area contributed by atoms with E-state index in [2.05, 4.69) is 5.32 Å². The Labute approximate surface area is 163 Å². The number of rotatable bonds is 8. The lowest BCUT2D eigenvalue weighted by Gasteiger charge is -2.08. The van der Waals surface area contributed by atoms with E-state index in [1.807, 2.05) is 0 Å². The van der Waals surface area contributed by atoms with E-state index in [1.165, 1.54) is 13.8 Å². The molecule has 29 heavy (non-hydrogen) atoms. The molecule has 154 valence electrons. The van der Waals surface area contributed by atoms with Crippen LogP contribution in [-0.2, 0) is 9.53 Å². The van der Waals surface area contributed by atoms with E-state index in [9.17, 15) is 28.9 Å². The van der Waals surface area contributed by atoms with E-state index in [-0.39, 0.29) is 29.4 Å². The first-order chi connectivity index (χ1) is 13.6. The summed E-state index contributed by atoms with van der Waals surface area (Å²) >= 11 is 0. The Bertz CT molecular complexity index is 982. The molecular formula is C18H17FN2O8. The van der Waals surface area contributed by atoms with Gasteiger partial charge in [0.05, 0.1) is 17.1 Å². The van der Waals surface area contributed by atoms with Gasteiger partial charge in [-0.25, -0.2) is 9.18 Å². The number of nitrogens with zero attached hydrogens (tertiary/aromatic N) is 1. The van der Waals surface area contributed by atoms with Crippen LogP contribution in [0.5, 0.6) is 5.75 Å². The minimum absolute atomic E-state index is 0.0279. The molecule has 0 saturated heterocycles. The second kappa shape index (κ2) is 8.95. The quantitative estimate of drug-likeness (QED) is 0.304. The van der Waals surface area contributed by atoms with Crippen molar-refractivity contribution in [3.63, 3.8) is 0 Å². The zero-order valence-corrected chi connectivity index (χ0v) is 15.7. The summed E-state index contributed by atoms with van der Waals surface area (Å²) in [4.78, 5) is 46.4. The van der Waals surface area contributed by atoms with Gasteiger partial charge in [0.1, 0.15) is 17.1 Å². The SMILES string of the molecule is CCOC(=O)c1c(NC(=O)COc2cc(F)ccc2[N+](=O)[O-])oc(C)c1C(C)=O. The lowest BCUT2D eigenvalue weighted by Crippen LogP contribution is -2.22. The number of nitrogens with one attached hydrogen (secondary N) is 1. The molecule has 0 unspecified atom stereocenters. The minimum Gasteiger partial charge on any atom is -0.477 e. The minimum atomic E-state index is -0.869. The van der Waals surface area contributed by atoms with Gasteiger partial charge in [0.25, 0.3) is 5.91 Å². The maximum atomic E-state index is 13.3. The van der Waals surface area contributed by atoms with Crippen LogP contribution in [0.4, 0.5) is 16.0 Å². The predicted octanol–water partition coefficient (Wildman–Crippen LogP) is 3.03.